The van der Waals surface area contributed by atoms with Gasteiger partial charge < -0.3 is 14.9 Å². The zero-order valence-corrected chi connectivity index (χ0v) is 13.2. The molecular weight excluding hydrogens is 266 g/mol. The van der Waals surface area contributed by atoms with E-state index in [1.807, 2.05) is 0 Å². The summed E-state index contributed by atoms with van der Waals surface area (Å²) in [6.45, 7) is 3.94. The fourth-order valence-electron chi connectivity index (χ4n) is 2.83. The van der Waals surface area contributed by atoms with Gasteiger partial charge in [0.15, 0.2) is 0 Å². The Kier molecular flexibility index (Phi) is 5.17. The number of pyridine rings is 1. The number of carboxylic acid groups (broad SMARTS) is 1. The molecule has 0 amide bonds. The maximum absolute atomic E-state index is 11.3. The van der Waals surface area contributed by atoms with Crippen molar-refractivity contribution in [3.05, 3.63) is 23.4 Å². The van der Waals surface area contributed by atoms with Crippen LogP contribution in [0.15, 0.2) is 12.1 Å². The SMILES string of the molecule is CCCc1cc(C(=O)O)cc(N2CCCC(N(C)C)C2)n1. The second-order valence-electron chi connectivity index (χ2n) is 5.97. The molecule has 1 aromatic heterocycles. The van der Waals surface area contributed by atoms with Crippen molar-refractivity contribution in [1.29, 1.82) is 0 Å². The molecule has 1 aliphatic rings. The van der Waals surface area contributed by atoms with E-state index in [4.69, 9.17) is 0 Å². The van der Waals surface area contributed by atoms with Crippen molar-refractivity contribution in [3.8, 4) is 0 Å². The lowest BCUT2D eigenvalue weighted by Crippen LogP contribution is -2.45. The smallest absolute Gasteiger partial charge is 0.335 e. The summed E-state index contributed by atoms with van der Waals surface area (Å²) in [4.78, 5) is 20.4. The molecule has 2 heterocycles. The highest BCUT2D eigenvalue weighted by molar-refractivity contribution is 5.88. The second-order valence-corrected chi connectivity index (χ2v) is 5.97. The van der Waals surface area contributed by atoms with E-state index in [1.54, 1.807) is 12.1 Å². The van der Waals surface area contributed by atoms with Gasteiger partial charge in [0.2, 0.25) is 0 Å². The first kappa shape index (κ1) is 15.8. The van der Waals surface area contributed by atoms with Crippen molar-refractivity contribution in [2.75, 3.05) is 32.1 Å². The van der Waals surface area contributed by atoms with E-state index in [-0.39, 0.29) is 0 Å². The molecule has 1 saturated heterocycles. The second kappa shape index (κ2) is 6.89. The molecule has 1 aliphatic heterocycles. The first-order valence-electron chi connectivity index (χ1n) is 7.67. The first-order chi connectivity index (χ1) is 10.0. The summed E-state index contributed by atoms with van der Waals surface area (Å²) >= 11 is 0. The lowest BCUT2D eigenvalue weighted by Gasteiger charge is -2.37. The fraction of sp³-hybridized carbons (Fsp3) is 0.625. The van der Waals surface area contributed by atoms with Crippen LogP contribution in [0.4, 0.5) is 5.82 Å². The molecule has 0 saturated carbocycles. The van der Waals surface area contributed by atoms with E-state index in [0.717, 1.165) is 43.9 Å². The largest absolute Gasteiger partial charge is 0.478 e. The Balaban J connectivity index is 2.26. The number of carbonyl (C=O) groups is 1. The van der Waals surface area contributed by atoms with Gasteiger partial charge in [0.05, 0.1) is 5.56 Å². The van der Waals surface area contributed by atoms with Crippen LogP contribution in [-0.2, 0) is 6.42 Å². The highest BCUT2D eigenvalue weighted by Gasteiger charge is 2.23. The molecule has 5 nitrogen and oxygen atoms in total. The van der Waals surface area contributed by atoms with E-state index in [0.29, 0.717) is 11.6 Å². The molecule has 0 bridgehead atoms. The van der Waals surface area contributed by atoms with E-state index >= 15 is 0 Å². The molecule has 0 radical (unpaired) electrons. The van der Waals surface area contributed by atoms with Crippen LogP contribution in [0.2, 0.25) is 0 Å². The average molecular weight is 291 g/mol. The maximum atomic E-state index is 11.3. The van der Waals surface area contributed by atoms with Gasteiger partial charge in [-0.15, -0.1) is 0 Å². The minimum atomic E-state index is -0.878. The van der Waals surface area contributed by atoms with Crippen LogP contribution in [0, 0.1) is 0 Å². The normalized spacial score (nSPS) is 19.0. The summed E-state index contributed by atoms with van der Waals surface area (Å²) < 4.78 is 0. The topological polar surface area (TPSA) is 56.7 Å². The highest BCUT2D eigenvalue weighted by atomic mass is 16.4. The predicted molar refractivity (Wildman–Crippen MR) is 84.1 cm³/mol. The monoisotopic (exact) mass is 291 g/mol. The number of nitrogens with zero attached hydrogens (tertiary/aromatic N) is 3. The van der Waals surface area contributed by atoms with Crippen LogP contribution in [0.1, 0.15) is 42.2 Å². The Morgan fingerprint density at radius 2 is 2.24 bits per heavy atom. The third-order valence-corrected chi connectivity index (χ3v) is 4.07. The Morgan fingerprint density at radius 1 is 1.48 bits per heavy atom. The van der Waals surface area contributed by atoms with Crippen molar-refractivity contribution in [1.82, 2.24) is 9.88 Å². The summed E-state index contributed by atoms with van der Waals surface area (Å²) in [6, 6.07) is 3.91. The fourth-order valence-corrected chi connectivity index (χ4v) is 2.83. The molecule has 21 heavy (non-hydrogen) atoms. The molecule has 2 rings (SSSR count). The number of aromatic nitrogens is 1. The van der Waals surface area contributed by atoms with Crippen molar-refractivity contribution >= 4 is 11.8 Å². The molecular formula is C16H25N3O2. The van der Waals surface area contributed by atoms with Crippen molar-refractivity contribution in [2.24, 2.45) is 0 Å². The quantitative estimate of drug-likeness (QED) is 0.902. The van der Waals surface area contributed by atoms with Crippen molar-refractivity contribution in [3.63, 3.8) is 0 Å². The summed E-state index contributed by atoms with van der Waals surface area (Å²) in [7, 11) is 4.19. The number of aryl methyl sites for hydroxylation is 1. The molecule has 1 unspecified atom stereocenters. The first-order valence-corrected chi connectivity index (χ1v) is 7.67. The number of hydrogen-bond donors (Lipinski definition) is 1. The Morgan fingerprint density at radius 3 is 2.86 bits per heavy atom. The average Bonchev–Trinajstić information content (AvgIpc) is 2.47. The van der Waals surface area contributed by atoms with Gasteiger partial charge in [0.25, 0.3) is 0 Å². The summed E-state index contributed by atoms with van der Waals surface area (Å²) in [5, 5.41) is 9.29. The number of aromatic carboxylic acids is 1. The summed E-state index contributed by atoms with van der Waals surface area (Å²) in [5.74, 6) is -0.0675. The van der Waals surface area contributed by atoms with Gasteiger partial charge in [0, 0.05) is 24.8 Å². The van der Waals surface area contributed by atoms with Crippen molar-refractivity contribution < 1.29 is 9.90 Å². The van der Waals surface area contributed by atoms with Gasteiger partial charge in [-0.05, 0) is 45.5 Å². The number of rotatable bonds is 5. The highest BCUT2D eigenvalue weighted by Crippen LogP contribution is 2.22. The van der Waals surface area contributed by atoms with E-state index < -0.39 is 5.97 Å². The minimum absolute atomic E-state index is 0.343. The van der Waals surface area contributed by atoms with Crippen molar-refractivity contribution in [2.45, 2.75) is 38.6 Å². The van der Waals surface area contributed by atoms with E-state index in [2.05, 4.69) is 35.8 Å². The number of piperidine rings is 1. The van der Waals surface area contributed by atoms with Crippen LogP contribution in [0.25, 0.3) is 0 Å². The van der Waals surface area contributed by atoms with E-state index in [1.165, 1.54) is 6.42 Å². The Bertz CT molecular complexity index is 502. The van der Waals surface area contributed by atoms with Gasteiger partial charge >= 0.3 is 5.97 Å². The zero-order chi connectivity index (χ0) is 15.4. The molecule has 1 N–H and O–H groups in total. The van der Waals surface area contributed by atoms with Gasteiger partial charge in [-0.3, -0.25) is 0 Å². The number of carboxylic acids is 1. The summed E-state index contributed by atoms with van der Waals surface area (Å²) in [6.07, 6.45) is 4.09. The van der Waals surface area contributed by atoms with Gasteiger partial charge in [-0.1, -0.05) is 13.3 Å². The third-order valence-electron chi connectivity index (χ3n) is 4.07. The van der Waals surface area contributed by atoms with Crippen LogP contribution < -0.4 is 4.90 Å². The van der Waals surface area contributed by atoms with Crippen LogP contribution in [0.3, 0.4) is 0 Å². The van der Waals surface area contributed by atoms with Crippen LogP contribution >= 0.6 is 0 Å². The molecule has 1 aromatic rings. The minimum Gasteiger partial charge on any atom is -0.478 e. The van der Waals surface area contributed by atoms with Gasteiger partial charge in [-0.2, -0.15) is 0 Å². The molecule has 0 spiro atoms. The number of likely N-dealkylation sites (N-methyl/N-ethyl adjacent to an activating group) is 1. The Hall–Kier alpha value is -1.62. The van der Waals surface area contributed by atoms with Gasteiger partial charge in [-0.25, -0.2) is 9.78 Å². The van der Waals surface area contributed by atoms with Crippen LogP contribution in [0.5, 0.6) is 0 Å². The van der Waals surface area contributed by atoms with Crippen LogP contribution in [-0.4, -0.2) is 54.2 Å². The predicted octanol–water partition coefficient (Wildman–Crippen LogP) is 2.26. The summed E-state index contributed by atoms with van der Waals surface area (Å²) in [5.41, 5.74) is 1.22. The lowest BCUT2D eigenvalue weighted by atomic mass is 10.0. The molecule has 5 heteroatoms. The molecule has 0 aliphatic carbocycles. The zero-order valence-electron chi connectivity index (χ0n) is 13.2. The standard InChI is InChI=1S/C16H25N3O2/c1-4-6-13-9-12(16(20)21)10-15(17-13)19-8-5-7-14(11-19)18(2)3/h9-10,14H,4-8,11H2,1-3H3,(H,20,21). The lowest BCUT2D eigenvalue weighted by molar-refractivity contribution is 0.0696. The molecule has 0 aromatic carbocycles. The third kappa shape index (κ3) is 3.94. The maximum Gasteiger partial charge on any atom is 0.335 e. The number of anilines is 1. The van der Waals surface area contributed by atoms with E-state index in [9.17, 15) is 9.90 Å². The number of hydrogen-bond acceptors (Lipinski definition) is 4. The Labute approximate surface area is 126 Å². The molecule has 1 atom stereocenters. The van der Waals surface area contributed by atoms with Gasteiger partial charge in [0.1, 0.15) is 5.82 Å². The molecule has 1 fully saturated rings. The molecule has 116 valence electrons.